The number of amides is 4. The Morgan fingerprint density at radius 1 is 0.969 bits per heavy atom. The summed E-state index contributed by atoms with van der Waals surface area (Å²) in [5, 5.41) is 2.60. The standard InChI is InChI=1S/C25H18ClFN2O3/c1-15-20(26)6-4-8-22(15)29-24(31)19(23(30)28-25(29)32)14-17-11-9-16(10-12-17)13-18-5-2-3-7-21(18)27/h2-12,14H,13H2,1H3,(H,28,30,32)/b19-14+. The Balaban J connectivity index is 1.62. The van der Waals surface area contributed by atoms with Crippen LogP contribution in [-0.4, -0.2) is 17.8 Å². The van der Waals surface area contributed by atoms with E-state index in [9.17, 15) is 18.8 Å². The average molecular weight is 449 g/mol. The number of carbonyl (C=O) groups is 3. The number of urea groups is 1. The molecule has 0 unspecified atom stereocenters. The van der Waals surface area contributed by atoms with E-state index < -0.39 is 17.8 Å². The molecule has 3 aromatic carbocycles. The van der Waals surface area contributed by atoms with Gasteiger partial charge in [-0.3, -0.25) is 14.9 Å². The quantitative estimate of drug-likeness (QED) is 0.449. The van der Waals surface area contributed by atoms with Crippen LogP contribution in [0.25, 0.3) is 6.08 Å². The molecule has 0 saturated carbocycles. The van der Waals surface area contributed by atoms with Crippen LogP contribution in [0.15, 0.2) is 72.3 Å². The maximum atomic E-state index is 13.9. The maximum Gasteiger partial charge on any atom is 0.335 e. The third-order valence-electron chi connectivity index (χ3n) is 5.22. The zero-order valence-corrected chi connectivity index (χ0v) is 17.8. The van der Waals surface area contributed by atoms with Crippen molar-refractivity contribution in [3.63, 3.8) is 0 Å². The second-order valence-corrected chi connectivity index (χ2v) is 7.76. The fourth-order valence-corrected chi connectivity index (χ4v) is 3.64. The monoisotopic (exact) mass is 448 g/mol. The number of rotatable bonds is 4. The highest BCUT2D eigenvalue weighted by atomic mass is 35.5. The summed E-state index contributed by atoms with van der Waals surface area (Å²) in [6.45, 7) is 1.69. The number of halogens is 2. The van der Waals surface area contributed by atoms with Crippen LogP contribution in [0.4, 0.5) is 14.9 Å². The Hall–Kier alpha value is -3.77. The van der Waals surface area contributed by atoms with E-state index in [0.29, 0.717) is 33.8 Å². The lowest BCUT2D eigenvalue weighted by molar-refractivity contribution is -0.122. The van der Waals surface area contributed by atoms with Gasteiger partial charge in [0.05, 0.1) is 5.69 Å². The molecule has 1 fully saturated rings. The predicted molar refractivity (Wildman–Crippen MR) is 121 cm³/mol. The number of barbiturate groups is 1. The van der Waals surface area contributed by atoms with Gasteiger partial charge in [0, 0.05) is 11.4 Å². The number of hydrogen-bond donors (Lipinski definition) is 1. The van der Waals surface area contributed by atoms with Crippen molar-refractivity contribution in [3.05, 3.63) is 105 Å². The van der Waals surface area contributed by atoms with E-state index in [1.54, 1.807) is 67.6 Å². The Bertz CT molecular complexity index is 1270. The minimum Gasteiger partial charge on any atom is -0.273 e. The summed E-state index contributed by atoms with van der Waals surface area (Å²) in [5.74, 6) is -1.78. The molecule has 4 amide bonds. The molecule has 4 rings (SSSR count). The molecule has 1 saturated heterocycles. The van der Waals surface area contributed by atoms with Crippen molar-refractivity contribution in [2.45, 2.75) is 13.3 Å². The number of carbonyl (C=O) groups excluding carboxylic acids is 3. The van der Waals surface area contributed by atoms with E-state index in [4.69, 9.17) is 11.6 Å². The highest BCUT2D eigenvalue weighted by Gasteiger charge is 2.37. The lowest BCUT2D eigenvalue weighted by atomic mass is 10.0. The van der Waals surface area contributed by atoms with Gasteiger partial charge in [-0.05, 0) is 53.5 Å². The van der Waals surface area contributed by atoms with E-state index in [0.717, 1.165) is 10.5 Å². The minimum absolute atomic E-state index is 0.175. The molecule has 5 nitrogen and oxygen atoms in total. The van der Waals surface area contributed by atoms with Crippen LogP contribution < -0.4 is 10.2 Å². The molecule has 0 spiro atoms. The van der Waals surface area contributed by atoms with Gasteiger partial charge in [-0.15, -0.1) is 0 Å². The van der Waals surface area contributed by atoms with Gasteiger partial charge in [-0.1, -0.05) is 60.1 Å². The van der Waals surface area contributed by atoms with Crippen molar-refractivity contribution >= 4 is 41.2 Å². The van der Waals surface area contributed by atoms with E-state index in [-0.39, 0.29) is 11.4 Å². The van der Waals surface area contributed by atoms with Crippen molar-refractivity contribution in [1.82, 2.24) is 5.32 Å². The molecular formula is C25H18ClFN2O3. The van der Waals surface area contributed by atoms with Gasteiger partial charge in [-0.2, -0.15) is 0 Å². The zero-order valence-electron chi connectivity index (χ0n) is 17.1. The average Bonchev–Trinajstić information content (AvgIpc) is 2.77. The van der Waals surface area contributed by atoms with Gasteiger partial charge in [0.25, 0.3) is 11.8 Å². The van der Waals surface area contributed by atoms with Crippen LogP contribution in [0.3, 0.4) is 0 Å². The van der Waals surface area contributed by atoms with E-state index >= 15 is 0 Å². The minimum atomic E-state index is -0.831. The molecule has 32 heavy (non-hydrogen) atoms. The van der Waals surface area contributed by atoms with Gasteiger partial charge < -0.3 is 0 Å². The first kappa shape index (κ1) is 21.5. The van der Waals surface area contributed by atoms with Crippen molar-refractivity contribution in [2.75, 3.05) is 4.90 Å². The van der Waals surface area contributed by atoms with Crippen LogP contribution in [0, 0.1) is 12.7 Å². The number of hydrogen-bond acceptors (Lipinski definition) is 3. The van der Waals surface area contributed by atoms with Crippen LogP contribution >= 0.6 is 11.6 Å². The number of nitrogens with one attached hydrogen (secondary N) is 1. The normalized spacial score (nSPS) is 15.3. The summed E-state index contributed by atoms with van der Waals surface area (Å²) in [6, 6.07) is 17.6. The van der Waals surface area contributed by atoms with Gasteiger partial charge in [0.1, 0.15) is 11.4 Å². The van der Waals surface area contributed by atoms with Gasteiger partial charge in [-0.25, -0.2) is 14.1 Å². The Labute approximate surface area is 189 Å². The van der Waals surface area contributed by atoms with Crippen molar-refractivity contribution in [1.29, 1.82) is 0 Å². The second kappa shape index (κ2) is 8.77. The van der Waals surface area contributed by atoms with E-state index in [1.807, 2.05) is 0 Å². The summed E-state index contributed by atoms with van der Waals surface area (Å²) in [7, 11) is 0. The third-order valence-corrected chi connectivity index (χ3v) is 5.63. The van der Waals surface area contributed by atoms with Gasteiger partial charge in [0.15, 0.2) is 0 Å². The van der Waals surface area contributed by atoms with Crippen LogP contribution in [0.5, 0.6) is 0 Å². The first-order valence-corrected chi connectivity index (χ1v) is 10.2. The summed E-state index contributed by atoms with van der Waals surface area (Å²) in [6.07, 6.45) is 1.84. The Morgan fingerprint density at radius 2 is 1.69 bits per heavy atom. The number of imide groups is 2. The summed E-state index contributed by atoms with van der Waals surface area (Å²) >= 11 is 6.13. The molecule has 0 aliphatic carbocycles. The molecule has 7 heteroatoms. The molecule has 0 atom stereocenters. The van der Waals surface area contributed by atoms with E-state index in [1.165, 1.54) is 12.1 Å². The molecule has 160 valence electrons. The third kappa shape index (κ3) is 4.18. The predicted octanol–water partition coefficient (Wildman–Crippen LogP) is 5.04. The van der Waals surface area contributed by atoms with Crippen molar-refractivity contribution in [3.8, 4) is 0 Å². The van der Waals surface area contributed by atoms with Crippen LogP contribution in [0.1, 0.15) is 22.3 Å². The van der Waals surface area contributed by atoms with Crippen LogP contribution in [0.2, 0.25) is 5.02 Å². The maximum absolute atomic E-state index is 13.9. The highest BCUT2D eigenvalue weighted by molar-refractivity contribution is 6.39. The fourth-order valence-electron chi connectivity index (χ4n) is 3.47. The van der Waals surface area contributed by atoms with E-state index in [2.05, 4.69) is 5.32 Å². The van der Waals surface area contributed by atoms with Gasteiger partial charge >= 0.3 is 6.03 Å². The molecule has 3 aromatic rings. The molecular weight excluding hydrogens is 431 g/mol. The summed E-state index contributed by atoms with van der Waals surface area (Å²) in [5.41, 5.74) is 2.72. The van der Waals surface area contributed by atoms with Crippen molar-refractivity contribution < 1.29 is 18.8 Å². The molecule has 0 radical (unpaired) electrons. The molecule has 1 aliphatic rings. The highest BCUT2D eigenvalue weighted by Crippen LogP contribution is 2.29. The molecule has 1 heterocycles. The lowest BCUT2D eigenvalue weighted by Gasteiger charge is -2.27. The molecule has 0 bridgehead atoms. The molecule has 1 N–H and O–H groups in total. The Morgan fingerprint density at radius 3 is 2.41 bits per heavy atom. The first-order chi connectivity index (χ1) is 15.3. The molecule has 0 aromatic heterocycles. The summed E-state index contributed by atoms with van der Waals surface area (Å²) < 4.78 is 13.9. The SMILES string of the molecule is Cc1c(Cl)cccc1N1C(=O)NC(=O)/C(=C\c2ccc(Cc3ccccc3F)cc2)C1=O. The zero-order chi connectivity index (χ0) is 22.8. The topological polar surface area (TPSA) is 66.5 Å². The number of nitrogens with zero attached hydrogens (tertiary/aromatic N) is 1. The van der Waals surface area contributed by atoms with Crippen LogP contribution in [-0.2, 0) is 16.0 Å². The van der Waals surface area contributed by atoms with Gasteiger partial charge in [0.2, 0.25) is 0 Å². The summed E-state index contributed by atoms with van der Waals surface area (Å²) in [4.78, 5) is 38.7. The number of anilines is 1. The second-order valence-electron chi connectivity index (χ2n) is 7.35. The smallest absolute Gasteiger partial charge is 0.273 e. The van der Waals surface area contributed by atoms with Crippen molar-refractivity contribution in [2.24, 2.45) is 0 Å². The lowest BCUT2D eigenvalue weighted by Crippen LogP contribution is -2.54. The molecule has 1 aliphatic heterocycles. The number of benzene rings is 3. The first-order valence-electron chi connectivity index (χ1n) is 9.84. The fraction of sp³-hybridized carbons (Fsp3) is 0.0800. The Kier molecular flexibility index (Phi) is 5.88. The largest absolute Gasteiger partial charge is 0.335 e.